The predicted molar refractivity (Wildman–Crippen MR) is 63.7 cm³/mol. The molecule has 2 rings (SSSR count). The van der Waals surface area contributed by atoms with E-state index in [1.54, 1.807) is 4.57 Å². The number of amides is 1. The van der Waals surface area contributed by atoms with Crippen LogP contribution in [0.3, 0.4) is 0 Å². The highest BCUT2D eigenvalue weighted by atomic mass is 16.5. The molecule has 1 aromatic heterocycles. The van der Waals surface area contributed by atoms with Crippen LogP contribution in [0.5, 0.6) is 0 Å². The number of carbonyl (C=O) groups excluding carboxylic acids is 2. The minimum absolute atomic E-state index is 0.0851. The van der Waals surface area contributed by atoms with E-state index in [-0.39, 0.29) is 23.3 Å². The number of rotatable bonds is 5. The number of aromatic nitrogens is 2. The molecule has 0 atom stereocenters. The molecule has 1 aliphatic rings. The van der Waals surface area contributed by atoms with Gasteiger partial charge in [-0.1, -0.05) is 0 Å². The highest BCUT2D eigenvalue weighted by Crippen LogP contribution is 2.28. The van der Waals surface area contributed by atoms with E-state index in [9.17, 15) is 9.59 Å². The molecule has 18 heavy (non-hydrogen) atoms. The molecule has 98 valence electrons. The average molecular weight is 252 g/mol. The van der Waals surface area contributed by atoms with Gasteiger partial charge in [-0.25, -0.2) is 9.78 Å². The number of nitrogen functional groups attached to an aromatic ring is 1. The van der Waals surface area contributed by atoms with Gasteiger partial charge in [-0.15, -0.1) is 0 Å². The Hall–Kier alpha value is -2.05. The molecule has 1 amide bonds. The number of hydrogen-bond donors (Lipinski definition) is 2. The van der Waals surface area contributed by atoms with E-state index in [1.807, 2.05) is 0 Å². The Labute approximate surface area is 104 Å². The van der Waals surface area contributed by atoms with Crippen molar-refractivity contribution in [3.8, 4) is 0 Å². The van der Waals surface area contributed by atoms with Crippen molar-refractivity contribution in [2.24, 2.45) is 5.92 Å². The van der Waals surface area contributed by atoms with Crippen LogP contribution in [0.1, 0.15) is 23.3 Å². The van der Waals surface area contributed by atoms with Crippen molar-refractivity contribution in [2.75, 3.05) is 19.4 Å². The molecule has 1 aromatic rings. The zero-order valence-corrected chi connectivity index (χ0v) is 10.2. The zero-order chi connectivity index (χ0) is 13.1. The third kappa shape index (κ3) is 2.61. The molecule has 0 unspecified atom stereocenters. The van der Waals surface area contributed by atoms with Gasteiger partial charge in [-0.05, 0) is 12.8 Å². The normalized spacial score (nSPS) is 14.3. The minimum atomic E-state index is -0.562. The molecular weight excluding hydrogens is 236 g/mol. The Balaban J connectivity index is 1.87. The number of anilines is 1. The molecule has 0 aliphatic heterocycles. The molecule has 0 saturated heterocycles. The Kier molecular flexibility index (Phi) is 3.50. The number of nitrogens with two attached hydrogens (primary N) is 1. The van der Waals surface area contributed by atoms with Gasteiger partial charge in [0, 0.05) is 19.0 Å². The summed E-state index contributed by atoms with van der Waals surface area (Å²) < 4.78 is 6.16. The number of nitrogens with one attached hydrogen (secondary N) is 1. The highest BCUT2D eigenvalue weighted by Gasteiger charge is 2.29. The van der Waals surface area contributed by atoms with Gasteiger partial charge in [-0.3, -0.25) is 4.79 Å². The summed E-state index contributed by atoms with van der Waals surface area (Å²) in [5.74, 6) is -0.0339. The lowest BCUT2D eigenvalue weighted by Crippen LogP contribution is -2.28. The van der Waals surface area contributed by atoms with Crippen LogP contribution in [0.2, 0.25) is 0 Å². The second-order valence-corrected chi connectivity index (χ2v) is 4.23. The number of methoxy groups -OCH3 is 1. The van der Waals surface area contributed by atoms with Gasteiger partial charge in [0.25, 0.3) is 0 Å². The van der Waals surface area contributed by atoms with Crippen molar-refractivity contribution in [1.82, 2.24) is 14.9 Å². The van der Waals surface area contributed by atoms with Gasteiger partial charge in [0.05, 0.1) is 13.4 Å². The molecule has 7 heteroatoms. The van der Waals surface area contributed by atoms with E-state index in [2.05, 4.69) is 15.0 Å². The number of ether oxygens (including phenoxy) is 1. The first-order valence-electron chi connectivity index (χ1n) is 5.80. The Morgan fingerprint density at radius 2 is 2.33 bits per heavy atom. The quantitative estimate of drug-likeness (QED) is 0.706. The molecule has 3 N–H and O–H groups in total. The van der Waals surface area contributed by atoms with Gasteiger partial charge in [-0.2, -0.15) is 0 Å². The van der Waals surface area contributed by atoms with Crippen LogP contribution in [0, 0.1) is 5.92 Å². The fourth-order valence-corrected chi connectivity index (χ4v) is 1.61. The van der Waals surface area contributed by atoms with E-state index in [0.717, 1.165) is 12.8 Å². The van der Waals surface area contributed by atoms with E-state index >= 15 is 0 Å². The lowest BCUT2D eigenvalue weighted by Gasteiger charge is -2.06. The SMILES string of the molecule is COC(=O)c1ncn(CCNC(=O)C2CC2)c1N. The van der Waals surface area contributed by atoms with Gasteiger partial charge < -0.3 is 20.4 Å². The molecule has 1 aliphatic carbocycles. The molecule has 0 aromatic carbocycles. The Bertz CT molecular complexity index is 465. The maximum absolute atomic E-state index is 11.4. The van der Waals surface area contributed by atoms with E-state index in [1.165, 1.54) is 13.4 Å². The van der Waals surface area contributed by atoms with E-state index < -0.39 is 5.97 Å². The standard InChI is InChI=1S/C11H16N4O3/c1-18-11(17)8-9(12)15(6-14-8)5-4-13-10(16)7-2-3-7/h6-7H,2-5,12H2,1H3,(H,13,16). The van der Waals surface area contributed by atoms with Gasteiger partial charge >= 0.3 is 5.97 Å². The fraction of sp³-hybridized carbons (Fsp3) is 0.545. The Morgan fingerprint density at radius 1 is 1.61 bits per heavy atom. The molecular formula is C11H16N4O3. The van der Waals surface area contributed by atoms with Crippen molar-refractivity contribution < 1.29 is 14.3 Å². The van der Waals surface area contributed by atoms with Crippen molar-refractivity contribution in [2.45, 2.75) is 19.4 Å². The van der Waals surface area contributed by atoms with Crippen LogP contribution in [0.4, 0.5) is 5.82 Å². The van der Waals surface area contributed by atoms with Gasteiger partial charge in [0.1, 0.15) is 5.82 Å². The van der Waals surface area contributed by atoms with Crippen LogP contribution >= 0.6 is 0 Å². The summed E-state index contributed by atoms with van der Waals surface area (Å²) in [5, 5.41) is 2.81. The third-order valence-electron chi connectivity index (χ3n) is 2.86. The predicted octanol–water partition coefficient (Wildman–Crippen LogP) is -0.222. The molecule has 0 spiro atoms. The molecule has 7 nitrogen and oxygen atoms in total. The van der Waals surface area contributed by atoms with Crippen LogP contribution in [0.15, 0.2) is 6.33 Å². The van der Waals surface area contributed by atoms with Crippen molar-refractivity contribution >= 4 is 17.7 Å². The summed E-state index contributed by atoms with van der Waals surface area (Å²) >= 11 is 0. The lowest BCUT2D eigenvalue weighted by molar-refractivity contribution is -0.122. The minimum Gasteiger partial charge on any atom is -0.464 e. The summed E-state index contributed by atoms with van der Waals surface area (Å²) in [6.45, 7) is 0.949. The van der Waals surface area contributed by atoms with Crippen molar-refractivity contribution in [1.29, 1.82) is 0 Å². The second-order valence-electron chi connectivity index (χ2n) is 4.23. The first kappa shape index (κ1) is 12.4. The van der Waals surface area contributed by atoms with Crippen LogP contribution in [0.25, 0.3) is 0 Å². The lowest BCUT2D eigenvalue weighted by atomic mass is 10.4. The van der Waals surface area contributed by atoms with E-state index in [0.29, 0.717) is 13.1 Å². The van der Waals surface area contributed by atoms with Crippen LogP contribution < -0.4 is 11.1 Å². The maximum Gasteiger partial charge on any atom is 0.360 e. The van der Waals surface area contributed by atoms with Crippen LogP contribution in [-0.2, 0) is 16.1 Å². The zero-order valence-electron chi connectivity index (χ0n) is 10.2. The first-order valence-corrected chi connectivity index (χ1v) is 5.80. The van der Waals surface area contributed by atoms with Gasteiger partial charge in [0.15, 0.2) is 5.69 Å². The molecule has 1 heterocycles. The second kappa shape index (κ2) is 5.07. The van der Waals surface area contributed by atoms with Crippen LogP contribution in [-0.4, -0.2) is 35.1 Å². The largest absolute Gasteiger partial charge is 0.464 e. The summed E-state index contributed by atoms with van der Waals surface area (Å²) in [5.41, 5.74) is 5.86. The Morgan fingerprint density at radius 3 is 2.94 bits per heavy atom. The molecule has 0 bridgehead atoms. The molecule has 1 fully saturated rings. The number of imidazole rings is 1. The summed E-state index contributed by atoms with van der Waals surface area (Å²) in [4.78, 5) is 26.6. The fourth-order valence-electron chi connectivity index (χ4n) is 1.61. The van der Waals surface area contributed by atoms with Gasteiger partial charge in [0.2, 0.25) is 5.91 Å². The smallest absolute Gasteiger partial charge is 0.360 e. The summed E-state index contributed by atoms with van der Waals surface area (Å²) in [6, 6.07) is 0. The first-order chi connectivity index (χ1) is 8.63. The number of nitrogens with zero attached hydrogens (tertiary/aromatic N) is 2. The maximum atomic E-state index is 11.4. The average Bonchev–Trinajstić information content (AvgIpc) is 3.15. The van der Waals surface area contributed by atoms with E-state index in [4.69, 9.17) is 5.73 Å². The molecule has 1 saturated carbocycles. The van der Waals surface area contributed by atoms with Crippen molar-refractivity contribution in [3.63, 3.8) is 0 Å². The number of hydrogen-bond acceptors (Lipinski definition) is 5. The highest BCUT2D eigenvalue weighted by molar-refractivity contribution is 5.92. The third-order valence-corrected chi connectivity index (χ3v) is 2.86. The summed E-state index contributed by atoms with van der Waals surface area (Å²) in [7, 11) is 1.27. The topological polar surface area (TPSA) is 99.2 Å². The summed E-state index contributed by atoms with van der Waals surface area (Å²) in [6.07, 6.45) is 3.42. The monoisotopic (exact) mass is 252 g/mol. The molecule has 0 radical (unpaired) electrons. The van der Waals surface area contributed by atoms with Crippen molar-refractivity contribution in [3.05, 3.63) is 12.0 Å². The number of carbonyl (C=O) groups is 2. The number of esters is 1.